The minimum absolute atomic E-state index is 0.592. The van der Waals surface area contributed by atoms with Crippen LogP contribution in [-0.4, -0.2) is 28.4 Å². The van der Waals surface area contributed by atoms with Gasteiger partial charge in [-0.1, -0.05) is 31.6 Å². The van der Waals surface area contributed by atoms with Crippen molar-refractivity contribution in [1.82, 2.24) is 9.47 Å². The molecule has 144 valence electrons. The van der Waals surface area contributed by atoms with Gasteiger partial charge in [-0.25, -0.2) is 0 Å². The second kappa shape index (κ2) is 9.45. The van der Waals surface area contributed by atoms with E-state index >= 15 is 0 Å². The van der Waals surface area contributed by atoms with Gasteiger partial charge in [0.25, 0.3) is 0 Å². The Labute approximate surface area is 162 Å². The van der Waals surface area contributed by atoms with Gasteiger partial charge in [0.05, 0.1) is 12.1 Å². The van der Waals surface area contributed by atoms with Gasteiger partial charge < -0.3 is 13.9 Å². The molecule has 1 aliphatic rings. The van der Waals surface area contributed by atoms with Crippen LogP contribution in [0.4, 0.5) is 0 Å². The number of aromatic nitrogens is 1. The first-order valence-corrected chi connectivity index (χ1v) is 10.1. The lowest BCUT2D eigenvalue weighted by molar-refractivity contribution is 0.341. The highest BCUT2D eigenvalue weighted by atomic mass is 16.3. The Morgan fingerprint density at radius 2 is 2.07 bits per heavy atom. The molecule has 0 amide bonds. The molecule has 0 spiro atoms. The Kier molecular flexibility index (Phi) is 6.74. The van der Waals surface area contributed by atoms with Gasteiger partial charge in [0.2, 0.25) is 0 Å². The van der Waals surface area contributed by atoms with Gasteiger partial charge in [-0.2, -0.15) is 0 Å². The van der Waals surface area contributed by atoms with Crippen molar-refractivity contribution in [2.45, 2.75) is 52.5 Å². The van der Waals surface area contributed by atoms with Crippen molar-refractivity contribution < 1.29 is 4.42 Å². The van der Waals surface area contributed by atoms with Gasteiger partial charge in [0.15, 0.2) is 0 Å². The number of hydrogen-bond acceptors (Lipinski definition) is 2. The lowest BCUT2D eigenvalue weighted by atomic mass is 10.1. The summed E-state index contributed by atoms with van der Waals surface area (Å²) in [5.41, 5.74) is 0.884. The van der Waals surface area contributed by atoms with E-state index in [0.717, 1.165) is 37.3 Å². The summed E-state index contributed by atoms with van der Waals surface area (Å²) in [7, 11) is 0. The van der Waals surface area contributed by atoms with Crippen molar-refractivity contribution in [1.29, 1.82) is 5.41 Å². The number of rotatable bonds is 6. The molecular formula is C23H31N3O. The number of piperidine rings is 1. The summed E-state index contributed by atoms with van der Waals surface area (Å²) < 4.78 is 8.00. The van der Waals surface area contributed by atoms with E-state index in [4.69, 9.17) is 9.83 Å². The summed E-state index contributed by atoms with van der Waals surface area (Å²) in [4.78, 5) is 2.16. The minimum Gasteiger partial charge on any atom is -0.467 e. The first-order valence-electron chi connectivity index (χ1n) is 10.1. The third kappa shape index (κ3) is 4.82. The number of nitrogens with one attached hydrogen (secondary N) is 1. The van der Waals surface area contributed by atoms with Crippen LogP contribution in [-0.2, 0) is 6.54 Å². The van der Waals surface area contributed by atoms with Gasteiger partial charge in [-0.15, -0.1) is 0 Å². The number of unbranched alkanes of at least 4 members (excludes halogenated alkanes) is 1. The molecule has 4 heteroatoms. The first kappa shape index (κ1) is 19.3. The van der Waals surface area contributed by atoms with Crippen LogP contribution in [0.2, 0.25) is 0 Å². The van der Waals surface area contributed by atoms with Crippen LogP contribution in [0.25, 0.3) is 12.2 Å². The van der Waals surface area contributed by atoms with Crippen molar-refractivity contribution in [2.75, 3.05) is 13.1 Å². The molecule has 1 saturated heterocycles. The van der Waals surface area contributed by atoms with Crippen LogP contribution in [0.15, 0.2) is 41.2 Å². The molecule has 0 aliphatic carbocycles. The molecule has 2 aromatic heterocycles. The van der Waals surface area contributed by atoms with Crippen molar-refractivity contribution in [3.8, 4) is 0 Å². The van der Waals surface area contributed by atoms with E-state index in [1.54, 1.807) is 6.26 Å². The zero-order valence-corrected chi connectivity index (χ0v) is 16.6. The molecule has 1 N–H and O–H groups in total. The van der Waals surface area contributed by atoms with Crippen LogP contribution >= 0.6 is 0 Å². The predicted octanol–water partition coefficient (Wildman–Crippen LogP) is 3.88. The molecule has 3 heterocycles. The van der Waals surface area contributed by atoms with Gasteiger partial charge in [-0.05, 0) is 56.0 Å². The monoisotopic (exact) mass is 365 g/mol. The zero-order valence-electron chi connectivity index (χ0n) is 16.6. The molecule has 4 nitrogen and oxygen atoms in total. The van der Waals surface area contributed by atoms with Crippen LogP contribution in [0.5, 0.6) is 0 Å². The highest BCUT2D eigenvalue weighted by Crippen LogP contribution is 2.15. The molecule has 0 aromatic carbocycles. The van der Waals surface area contributed by atoms with E-state index in [0.29, 0.717) is 12.4 Å². The maximum Gasteiger partial charge on any atom is 0.131 e. The molecule has 1 aliphatic heterocycles. The molecule has 0 unspecified atom stereocenters. The molecule has 2 aromatic rings. The standard InChI is InChI=1S/C23H31N3O/c1-3-5-6-8-11-22-19(4-2)12-15-26(22)17-21-16-20(18-27-21)23(24)25-13-9-7-10-14-25/h4,6,8,11-12,15-16,18,24H,3,5,7,9-10,13-14,17H2,1-2H3/b8-6-,19-4-,22-11+,24-23?. The van der Waals surface area contributed by atoms with E-state index in [-0.39, 0.29) is 0 Å². The van der Waals surface area contributed by atoms with Gasteiger partial charge in [0, 0.05) is 24.6 Å². The van der Waals surface area contributed by atoms with E-state index < -0.39 is 0 Å². The number of allylic oxidation sites excluding steroid dienone is 2. The second-order valence-electron chi connectivity index (χ2n) is 7.15. The summed E-state index contributed by atoms with van der Waals surface area (Å²) in [6, 6.07) is 4.15. The molecular weight excluding hydrogens is 334 g/mol. The lowest BCUT2D eigenvalue weighted by Gasteiger charge is -2.28. The van der Waals surface area contributed by atoms with Crippen molar-refractivity contribution in [3.63, 3.8) is 0 Å². The fourth-order valence-electron chi connectivity index (χ4n) is 3.55. The summed E-state index contributed by atoms with van der Waals surface area (Å²) in [5, 5.41) is 10.9. The third-order valence-electron chi connectivity index (χ3n) is 5.12. The van der Waals surface area contributed by atoms with E-state index in [2.05, 4.69) is 59.9 Å². The summed E-state index contributed by atoms with van der Waals surface area (Å²) in [5.74, 6) is 1.48. The van der Waals surface area contributed by atoms with E-state index in [1.165, 1.54) is 29.8 Å². The van der Waals surface area contributed by atoms with E-state index in [1.807, 2.05) is 6.07 Å². The Bertz CT molecular complexity index is 894. The zero-order chi connectivity index (χ0) is 19.1. The van der Waals surface area contributed by atoms with Crippen molar-refractivity contribution in [2.24, 2.45) is 0 Å². The van der Waals surface area contributed by atoms with Crippen LogP contribution in [0.3, 0.4) is 0 Å². The topological polar surface area (TPSA) is 45.2 Å². The largest absolute Gasteiger partial charge is 0.467 e. The summed E-state index contributed by atoms with van der Waals surface area (Å²) in [6.07, 6.45) is 18.4. The predicted molar refractivity (Wildman–Crippen MR) is 112 cm³/mol. The molecule has 0 saturated carbocycles. The van der Waals surface area contributed by atoms with Gasteiger partial charge in [-0.3, -0.25) is 5.41 Å². The molecule has 1 fully saturated rings. The molecule has 0 atom stereocenters. The third-order valence-corrected chi connectivity index (χ3v) is 5.12. The molecule has 3 rings (SSSR count). The highest BCUT2D eigenvalue weighted by Gasteiger charge is 2.17. The van der Waals surface area contributed by atoms with Gasteiger partial charge >= 0.3 is 0 Å². The summed E-state index contributed by atoms with van der Waals surface area (Å²) in [6.45, 7) is 6.90. The number of amidine groups is 1. The number of likely N-dealkylation sites (tertiary alicyclic amines) is 1. The average molecular weight is 366 g/mol. The molecule has 27 heavy (non-hydrogen) atoms. The SMILES string of the molecule is C/C=c1/ccn(Cc2cc(C(=N)N3CCCCC3)co2)/c1=C/C=C\CCC. The second-order valence-corrected chi connectivity index (χ2v) is 7.15. The Balaban J connectivity index is 1.77. The first-order chi connectivity index (χ1) is 13.2. The van der Waals surface area contributed by atoms with Crippen molar-refractivity contribution in [3.05, 3.63) is 58.6 Å². The van der Waals surface area contributed by atoms with Gasteiger partial charge in [0.1, 0.15) is 17.9 Å². The number of hydrogen-bond donors (Lipinski definition) is 1. The maximum atomic E-state index is 8.46. The Hall–Kier alpha value is -2.49. The van der Waals surface area contributed by atoms with Crippen LogP contribution in [0.1, 0.15) is 57.3 Å². The van der Waals surface area contributed by atoms with Crippen LogP contribution < -0.4 is 10.6 Å². The molecule has 0 bridgehead atoms. The highest BCUT2D eigenvalue weighted by molar-refractivity contribution is 5.96. The fraction of sp³-hybridized carbons (Fsp3) is 0.435. The maximum absolute atomic E-state index is 8.46. The normalized spacial score (nSPS) is 16.6. The Morgan fingerprint density at radius 1 is 1.26 bits per heavy atom. The van der Waals surface area contributed by atoms with Crippen LogP contribution in [0, 0.1) is 5.41 Å². The number of furan rings is 1. The smallest absolute Gasteiger partial charge is 0.131 e. The number of nitrogens with zero attached hydrogens (tertiary/aromatic N) is 2. The Morgan fingerprint density at radius 3 is 2.81 bits per heavy atom. The lowest BCUT2D eigenvalue weighted by Crippen LogP contribution is -2.35. The minimum atomic E-state index is 0.592. The average Bonchev–Trinajstić information content (AvgIpc) is 3.33. The van der Waals surface area contributed by atoms with E-state index in [9.17, 15) is 0 Å². The quantitative estimate of drug-likeness (QED) is 0.624. The molecule has 0 radical (unpaired) electrons. The fourth-order valence-corrected chi connectivity index (χ4v) is 3.55. The summed E-state index contributed by atoms with van der Waals surface area (Å²) >= 11 is 0. The van der Waals surface area contributed by atoms with Crippen molar-refractivity contribution >= 4 is 18.0 Å².